The maximum absolute atomic E-state index is 13.2. The van der Waals surface area contributed by atoms with E-state index >= 15 is 0 Å². The van der Waals surface area contributed by atoms with E-state index in [0.717, 1.165) is 7.11 Å². The van der Waals surface area contributed by atoms with E-state index in [0.29, 0.717) is 6.07 Å². The molecule has 86 valence electrons. The van der Waals surface area contributed by atoms with Gasteiger partial charge in [0.25, 0.3) is 5.78 Å². The second kappa shape index (κ2) is 4.44. The van der Waals surface area contributed by atoms with Crippen LogP contribution in [0.4, 0.5) is 8.78 Å². The van der Waals surface area contributed by atoms with Gasteiger partial charge >= 0.3 is 5.97 Å². The quantitative estimate of drug-likeness (QED) is 0.505. The summed E-state index contributed by atoms with van der Waals surface area (Å²) in [5.41, 5.74) is -0.948. The number of aliphatic carboxylic acids is 1. The average molecular weight is 251 g/mol. The van der Waals surface area contributed by atoms with E-state index in [1.807, 2.05) is 0 Å². The topological polar surface area (TPSA) is 63.6 Å². The highest BCUT2D eigenvalue weighted by molar-refractivity contribution is 6.41. The number of halogens is 3. The van der Waals surface area contributed by atoms with Gasteiger partial charge in [-0.15, -0.1) is 0 Å². The van der Waals surface area contributed by atoms with Gasteiger partial charge in [0.2, 0.25) is 5.82 Å². The number of hydrogen-bond acceptors (Lipinski definition) is 3. The number of carboxylic acids is 1. The molecule has 4 nitrogen and oxygen atoms in total. The van der Waals surface area contributed by atoms with E-state index < -0.39 is 34.7 Å². The number of carbonyl (C=O) groups excluding carboxylic acids is 1. The first-order valence-electron chi connectivity index (χ1n) is 3.89. The Hall–Kier alpha value is -1.69. The van der Waals surface area contributed by atoms with Crippen LogP contribution < -0.4 is 4.74 Å². The number of ketones is 1. The first-order valence-corrected chi connectivity index (χ1v) is 4.27. The van der Waals surface area contributed by atoms with Crippen molar-refractivity contribution in [1.82, 2.24) is 0 Å². The molecule has 0 fully saturated rings. The summed E-state index contributed by atoms with van der Waals surface area (Å²) in [7, 11) is 1.06. The van der Waals surface area contributed by atoms with Gasteiger partial charge in [-0.1, -0.05) is 11.6 Å². The number of rotatable bonds is 3. The summed E-state index contributed by atoms with van der Waals surface area (Å²) in [5.74, 6) is -7.17. The Bertz CT molecular complexity index is 473. The predicted molar refractivity (Wildman–Crippen MR) is 49.9 cm³/mol. The third-order valence-corrected chi connectivity index (χ3v) is 2.04. The molecule has 0 saturated carbocycles. The van der Waals surface area contributed by atoms with E-state index in [-0.39, 0.29) is 5.02 Å². The number of hydrogen-bond donors (Lipinski definition) is 1. The predicted octanol–water partition coefficient (Wildman–Crippen LogP) is 1.89. The molecule has 1 aromatic carbocycles. The highest BCUT2D eigenvalue weighted by atomic mass is 35.5. The summed E-state index contributed by atoms with van der Waals surface area (Å²) in [6.45, 7) is 0. The fourth-order valence-corrected chi connectivity index (χ4v) is 1.32. The Morgan fingerprint density at radius 2 is 1.94 bits per heavy atom. The molecule has 0 unspecified atom stereocenters. The molecule has 16 heavy (non-hydrogen) atoms. The fraction of sp³-hybridized carbons (Fsp3) is 0.111. The molecule has 1 N–H and O–H groups in total. The van der Waals surface area contributed by atoms with Crippen molar-refractivity contribution in [2.45, 2.75) is 0 Å². The lowest BCUT2D eigenvalue weighted by atomic mass is 10.1. The molecule has 7 heteroatoms. The third kappa shape index (κ3) is 1.96. The summed E-state index contributed by atoms with van der Waals surface area (Å²) < 4.78 is 30.9. The summed E-state index contributed by atoms with van der Waals surface area (Å²) in [5, 5.41) is 7.97. The number of Topliss-reactive ketones (excluding diaryl/α,β-unsaturated/α-hetero) is 1. The zero-order valence-electron chi connectivity index (χ0n) is 7.88. The van der Waals surface area contributed by atoms with Crippen LogP contribution >= 0.6 is 11.6 Å². The van der Waals surface area contributed by atoms with Crippen molar-refractivity contribution in [3.8, 4) is 5.75 Å². The molecular weight excluding hydrogens is 246 g/mol. The lowest BCUT2D eigenvalue weighted by Gasteiger charge is -2.07. The number of carbonyl (C=O) groups is 2. The molecule has 1 rings (SSSR count). The van der Waals surface area contributed by atoms with Crippen LogP contribution in [-0.2, 0) is 4.79 Å². The van der Waals surface area contributed by atoms with Crippen molar-refractivity contribution in [1.29, 1.82) is 0 Å². The minimum Gasteiger partial charge on any atom is -0.492 e. The van der Waals surface area contributed by atoms with Crippen LogP contribution in [0.1, 0.15) is 10.4 Å². The van der Waals surface area contributed by atoms with E-state index in [1.54, 1.807) is 0 Å². The second-order valence-corrected chi connectivity index (χ2v) is 3.11. The smallest absolute Gasteiger partial charge is 0.377 e. The van der Waals surface area contributed by atoms with Crippen LogP contribution in [0.5, 0.6) is 5.75 Å². The maximum atomic E-state index is 13.2. The van der Waals surface area contributed by atoms with Crippen LogP contribution in [0.25, 0.3) is 0 Å². The molecule has 0 bridgehead atoms. The minimum absolute atomic E-state index is 0.383. The maximum Gasteiger partial charge on any atom is 0.377 e. The number of benzene rings is 1. The van der Waals surface area contributed by atoms with Crippen molar-refractivity contribution in [3.63, 3.8) is 0 Å². The lowest BCUT2D eigenvalue weighted by Crippen LogP contribution is -2.15. The van der Waals surface area contributed by atoms with Gasteiger partial charge in [0.05, 0.1) is 17.7 Å². The van der Waals surface area contributed by atoms with Crippen LogP contribution in [0, 0.1) is 11.6 Å². The minimum atomic E-state index is -1.90. The van der Waals surface area contributed by atoms with Crippen molar-refractivity contribution < 1.29 is 28.2 Å². The average Bonchev–Trinajstić information content (AvgIpc) is 2.23. The zero-order valence-corrected chi connectivity index (χ0v) is 8.64. The van der Waals surface area contributed by atoms with Gasteiger partial charge in [-0.2, -0.15) is 4.39 Å². The van der Waals surface area contributed by atoms with Gasteiger partial charge in [-0.05, 0) is 6.07 Å². The summed E-state index contributed by atoms with van der Waals surface area (Å²) in [6, 6.07) is 0.704. The molecule has 0 aliphatic heterocycles. The van der Waals surface area contributed by atoms with Gasteiger partial charge in [0.1, 0.15) is 0 Å². The van der Waals surface area contributed by atoms with Crippen molar-refractivity contribution >= 4 is 23.4 Å². The number of ether oxygens (including phenoxy) is 1. The van der Waals surface area contributed by atoms with Crippen LogP contribution in [0.3, 0.4) is 0 Å². The first-order chi connectivity index (χ1) is 7.40. The molecule has 0 aromatic heterocycles. The Morgan fingerprint density at radius 3 is 2.38 bits per heavy atom. The highest BCUT2D eigenvalue weighted by Crippen LogP contribution is 2.31. The van der Waals surface area contributed by atoms with Gasteiger partial charge in [0, 0.05) is 0 Å². The van der Waals surface area contributed by atoms with E-state index in [2.05, 4.69) is 4.74 Å². The molecule has 0 atom stereocenters. The summed E-state index contributed by atoms with van der Waals surface area (Å²) >= 11 is 5.48. The van der Waals surface area contributed by atoms with Crippen LogP contribution in [0.2, 0.25) is 5.02 Å². The SMILES string of the molecule is COc1c(Cl)cc(C(=O)C(=O)O)c(F)c1F. The third-order valence-electron chi connectivity index (χ3n) is 1.76. The number of methoxy groups -OCH3 is 1. The molecule has 0 radical (unpaired) electrons. The molecule has 1 aromatic rings. The van der Waals surface area contributed by atoms with Gasteiger partial charge < -0.3 is 9.84 Å². The molecule has 0 saturated heterocycles. The van der Waals surface area contributed by atoms with Crippen molar-refractivity contribution in [2.75, 3.05) is 7.11 Å². The standard InChI is InChI=1S/C9H5ClF2O4/c1-16-8-4(10)2-3(5(11)6(8)12)7(13)9(14)15/h2H,1H3,(H,14,15). The van der Waals surface area contributed by atoms with E-state index in [1.165, 1.54) is 0 Å². The van der Waals surface area contributed by atoms with Crippen LogP contribution in [-0.4, -0.2) is 24.0 Å². The van der Waals surface area contributed by atoms with Gasteiger partial charge in [0.15, 0.2) is 11.6 Å². The Labute approximate surface area is 93.4 Å². The largest absolute Gasteiger partial charge is 0.492 e. The summed E-state index contributed by atoms with van der Waals surface area (Å²) in [4.78, 5) is 21.3. The number of carboxylic acid groups (broad SMARTS) is 1. The van der Waals surface area contributed by atoms with Gasteiger partial charge in [-0.25, -0.2) is 9.18 Å². The highest BCUT2D eigenvalue weighted by Gasteiger charge is 2.26. The first kappa shape index (κ1) is 12.4. The molecule has 0 amide bonds. The van der Waals surface area contributed by atoms with Crippen molar-refractivity contribution in [3.05, 3.63) is 28.3 Å². The Balaban J connectivity index is 3.45. The Kier molecular flexibility index (Phi) is 3.44. The second-order valence-electron chi connectivity index (χ2n) is 2.70. The zero-order chi connectivity index (χ0) is 12.5. The lowest BCUT2D eigenvalue weighted by molar-refractivity contribution is -0.131. The Morgan fingerprint density at radius 1 is 1.38 bits per heavy atom. The van der Waals surface area contributed by atoms with Crippen LogP contribution in [0.15, 0.2) is 6.07 Å². The molecule has 0 aliphatic rings. The molecular formula is C9H5ClF2O4. The fourth-order valence-electron chi connectivity index (χ4n) is 1.05. The summed E-state index contributed by atoms with van der Waals surface area (Å²) in [6.07, 6.45) is 0. The van der Waals surface area contributed by atoms with E-state index in [4.69, 9.17) is 16.7 Å². The molecule has 0 heterocycles. The molecule has 0 aliphatic carbocycles. The van der Waals surface area contributed by atoms with Crippen molar-refractivity contribution in [2.24, 2.45) is 0 Å². The van der Waals surface area contributed by atoms with E-state index in [9.17, 15) is 18.4 Å². The molecule has 0 spiro atoms. The normalized spacial score (nSPS) is 10.0. The van der Waals surface area contributed by atoms with Gasteiger partial charge in [-0.3, -0.25) is 4.79 Å². The monoisotopic (exact) mass is 250 g/mol.